The van der Waals surface area contributed by atoms with Crippen LogP contribution in [0.2, 0.25) is 0 Å². The first-order valence-corrected chi connectivity index (χ1v) is 10.1. The Morgan fingerprint density at radius 2 is 1.81 bits per heavy atom. The molecule has 0 unspecified atom stereocenters. The second-order valence-electron chi connectivity index (χ2n) is 7.29. The molecule has 4 rings (SSSR count). The zero-order chi connectivity index (χ0) is 18.3. The summed E-state index contributed by atoms with van der Waals surface area (Å²) in [5, 5.41) is 1.16. The molecule has 1 aliphatic heterocycles. The van der Waals surface area contributed by atoms with E-state index in [4.69, 9.17) is 0 Å². The van der Waals surface area contributed by atoms with Crippen LogP contribution in [0.15, 0.2) is 36.4 Å². The van der Waals surface area contributed by atoms with Crippen molar-refractivity contribution in [2.24, 2.45) is 0 Å². The molecule has 134 valence electrons. The molecule has 3 aromatic rings. The molecule has 4 heteroatoms. The second kappa shape index (κ2) is 6.84. The molecule has 0 spiro atoms. The number of benzene rings is 1. The first-order valence-electron chi connectivity index (χ1n) is 9.26. The molecule has 0 atom stereocenters. The third-order valence-corrected chi connectivity index (χ3v) is 6.65. The van der Waals surface area contributed by atoms with Gasteiger partial charge in [0.05, 0.1) is 4.88 Å². The van der Waals surface area contributed by atoms with Crippen LogP contribution in [0.1, 0.15) is 50.8 Å². The van der Waals surface area contributed by atoms with Crippen molar-refractivity contribution >= 4 is 27.5 Å². The van der Waals surface area contributed by atoms with E-state index in [-0.39, 0.29) is 5.91 Å². The van der Waals surface area contributed by atoms with Crippen molar-refractivity contribution in [3.8, 4) is 0 Å². The Hall–Kier alpha value is -2.20. The highest BCUT2D eigenvalue weighted by Gasteiger charge is 2.27. The summed E-state index contributed by atoms with van der Waals surface area (Å²) in [4.78, 5) is 21.7. The number of fused-ring (bicyclic) bond motifs is 1. The molecule has 0 N–H and O–H groups in total. The van der Waals surface area contributed by atoms with Crippen LogP contribution in [0, 0.1) is 20.8 Å². The number of pyridine rings is 1. The fourth-order valence-corrected chi connectivity index (χ4v) is 5.38. The fourth-order valence-electron chi connectivity index (χ4n) is 4.11. The second-order valence-corrected chi connectivity index (χ2v) is 8.29. The van der Waals surface area contributed by atoms with Gasteiger partial charge in [-0.3, -0.25) is 4.79 Å². The largest absolute Gasteiger partial charge is 0.338 e. The van der Waals surface area contributed by atoms with E-state index >= 15 is 0 Å². The van der Waals surface area contributed by atoms with Crippen molar-refractivity contribution in [3.63, 3.8) is 0 Å². The molecule has 1 aliphatic rings. The molecule has 0 aliphatic carbocycles. The Morgan fingerprint density at radius 3 is 2.50 bits per heavy atom. The van der Waals surface area contributed by atoms with Crippen molar-refractivity contribution in [2.75, 3.05) is 13.1 Å². The van der Waals surface area contributed by atoms with E-state index in [1.165, 1.54) is 11.1 Å². The summed E-state index contributed by atoms with van der Waals surface area (Å²) in [6, 6.07) is 12.8. The van der Waals surface area contributed by atoms with Crippen LogP contribution in [0.4, 0.5) is 0 Å². The van der Waals surface area contributed by atoms with Crippen molar-refractivity contribution in [3.05, 3.63) is 63.7 Å². The van der Waals surface area contributed by atoms with Gasteiger partial charge in [0, 0.05) is 24.2 Å². The Kier molecular flexibility index (Phi) is 4.53. The van der Waals surface area contributed by atoms with Gasteiger partial charge in [0.25, 0.3) is 5.91 Å². The standard InChI is InChI=1S/C22H24N2OS/c1-14-13-15(2)23-21-19(14)16(3)20(26-21)22(25)24-11-9-18(10-12-24)17-7-5-4-6-8-17/h4-8,13,18H,9-12H2,1-3H3. The van der Waals surface area contributed by atoms with Gasteiger partial charge in [0.15, 0.2) is 0 Å². The molecule has 26 heavy (non-hydrogen) atoms. The van der Waals surface area contributed by atoms with Crippen molar-refractivity contribution < 1.29 is 4.79 Å². The van der Waals surface area contributed by atoms with E-state index in [9.17, 15) is 4.79 Å². The van der Waals surface area contributed by atoms with Gasteiger partial charge in [-0.15, -0.1) is 11.3 Å². The number of rotatable bonds is 2. The first-order chi connectivity index (χ1) is 12.5. The lowest BCUT2D eigenvalue weighted by Crippen LogP contribution is -2.37. The maximum Gasteiger partial charge on any atom is 0.264 e. The number of nitrogens with zero attached hydrogens (tertiary/aromatic N) is 2. The fraction of sp³-hybridized carbons (Fsp3) is 0.364. The van der Waals surface area contributed by atoms with Crippen LogP contribution < -0.4 is 0 Å². The molecule has 3 nitrogen and oxygen atoms in total. The smallest absolute Gasteiger partial charge is 0.264 e. The quantitative estimate of drug-likeness (QED) is 0.623. The predicted molar refractivity (Wildman–Crippen MR) is 108 cm³/mol. The minimum absolute atomic E-state index is 0.175. The molecule has 1 aromatic carbocycles. The molecule has 1 saturated heterocycles. The normalized spacial score (nSPS) is 15.6. The minimum Gasteiger partial charge on any atom is -0.338 e. The highest BCUT2D eigenvalue weighted by molar-refractivity contribution is 7.20. The molecule has 0 saturated carbocycles. The number of aryl methyl sites for hydroxylation is 3. The molecule has 1 fully saturated rings. The molecular formula is C22H24N2OS. The SMILES string of the molecule is Cc1cc(C)c2c(C)c(C(=O)N3CCC(c4ccccc4)CC3)sc2n1. The molecule has 0 radical (unpaired) electrons. The third kappa shape index (κ3) is 3.03. The summed E-state index contributed by atoms with van der Waals surface area (Å²) in [7, 11) is 0. The highest BCUT2D eigenvalue weighted by Crippen LogP contribution is 2.34. The molecule has 2 aromatic heterocycles. The number of carbonyl (C=O) groups excluding carboxylic acids is 1. The number of aromatic nitrogens is 1. The molecular weight excluding hydrogens is 340 g/mol. The average Bonchev–Trinajstić information content (AvgIpc) is 2.98. The zero-order valence-electron chi connectivity index (χ0n) is 15.6. The number of amides is 1. The van der Waals surface area contributed by atoms with E-state index in [1.807, 2.05) is 11.8 Å². The van der Waals surface area contributed by atoms with Gasteiger partial charge in [-0.05, 0) is 62.3 Å². The van der Waals surface area contributed by atoms with Gasteiger partial charge in [0.2, 0.25) is 0 Å². The number of likely N-dealkylation sites (tertiary alicyclic amines) is 1. The van der Waals surface area contributed by atoms with E-state index in [1.54, 1.807) is 11.3 Å². The third-order valence-electron chi connectivity index (χ3n) is 5.47. The summed E-state index contributed by atoms with van der Waals surface area (Å²) in [5.41, 5.74) is 4.71. The topological polar surface area (TPSA) is 33.2 Å². The molecule has 1 amide bonds. The average molecular weight is 365 g/mol. The van der Waals surface area contributed by atoms with Crippen molar-refractivity contribution in [1.82, 2.24) is 9.88 Å². The van der Waals surface area contributed by atoms with Gasteiger partial charge in [-0.2, -0.15) is 0 Å². The van der Waals surface area contributed by atoms with Crippen molar-refractivity contribution in [2.45, 2.75) is 39.5 Å². The molecule has 0 bridgehead atoms. The van der Waals surface area contributed by atoms with E-state index < -0.39 is 0 Å². The summed E-state index contributed by atoms with van der Waals surface area (Å²) < 4.78 is 0. The first kappa shape index (κ1) is 17.2. The summed E-state index contributed by atoms with van der Waals surface area (Å²) in [6.07, 6.45) is 2.08. The maximum absolute atomic E-state index is 13.1. The van der Waals surface area contributed by atoms with Crippen LogP contribution >= 0.6 is 11.3 Å². The van der Waals surface area contributed by atoms with E-state index in [0.717, 1.165) is 52.3 Å². The lowest BCUT2D eigenvalue weighted by Gasteiger charge is -2.32. The van der Waals surface area contributed by atoms with Crippen LogP contribution in [0.5, 0.6) is 0 Å². The van der Waals surface area contributed by atoms with Crippen LogP contribution in [-0.2, 0) is 0 Å². The van der Waals surface area contributed by atoms with Gasteiger partial charge >= 0.3 is 0 Å². The van der Waals surface area contributed by atoms with Gasteiger partial charge in [-0.25, -0.2) is 4.98 Å². The lowest BCUT2D eigenvalue weighted by molar-refractivity contribution is 0.0717. The Morgan fingerprint density at radius 1 is 1.12 bits per heavy atom. The van der Waals surface area contributed by atoms with Gasteiger partial charge < -0.3 is 4.90 Å². The highest BCUT2D eigenvalue weighted by atomic mass is 32.1. The van der Waals surface area contributed by atoms with Gasteiger partial charge in [0.1, 0.15) is 4.83 Å². The van der Waals surface area contributed by atoms with E-state index in [0.29, 0.717) is 5.92 Å². The Bertz CT molecular complexity index is 953. The minimum atomic E-state index is 0.175. The number of hydrogen-bond acceptors (Lipinski definition) is 3. The van der Waals surface area contributed by atoms with Crippen LogP contribution in [-0.4, -0.2) is 28.9 Å². The Balaban J connectivity index is 1.55. The van der Waals surface area contributed by atoms with Crippen LogP contribution in [0.3, 0.4) is 0 Å². The maximum atomic E-state index is 13.1. The summed E-state index contributed by atoms with van der Waals surface area (Å²) >= 11 is 1.55. The van der Waals surface area contributed by atoms with Crippen LogP contribution in [0.25, 0.3) is 10.2 Å². The van der Waals surface area contributed by atoms with Crippen molar-refractivity contribution in [1.29, 1.82) is 0 Å². The number of thiophene rings is 1. The number of piperidine rings is 1. The zero-order valence-corrected chi connectivity index (χ0v) is 16.4. The number of carbonyl (C=O) groups is 1. The predicted octanol–water partition coefficient (Wildman–Crippen LogP) is 5.24. The van der Waals surface area contributed by atoms with Gasteiger partial charge in [-0.1, -0.05) is 30.3 Å². The summed E-state index contributed by atoms with van der Waals surface area (Å²) in [6.45, 7) is 7.84. The number of hydrogen-bond donors (Lipinski definition) is 0. The lowest BCUT2D eigenvalue weighted by atomic mass is 9.89. The monoisotopic (exact) mass is 364 g/mol. The molecule has 3 heterocycles. The summed E-state index contributed by atoms with van der Waals surface area (Å²) in [5.74, 6) is 0.740. The van der Waals surface area contributed by atoms with E-state index in [2.05, 4.69) is 55.2 Å². The Labute approximate surface area is 158 Å².